The molecule has 1 saturated heterocycles. The minimum Gasteiger partial charge on any atom is -0.388 e. The topological polar surface area (TPSA) is 80.5 Å². The summed E-state index contributed by atoms with van der Waals surface area (Å²) in [5, 5.41) is 20.2. The summed E-state index contributed by atoms with van der Waals surface area (Å²) in [6, 6.07) is 3.65. The summed E-state index contributed by atoms with van der Waals surface area (Å²) in [5.74, 6) is 0.447. The van der Waals surface area contributed by atoms with Crippen molar-refractivity contribution in [3.8, 4) is 6.07 Å². The maximum absolute atomic E-state index is 11.9. The molecule has 0 aromatic carbocycles. The predicted octanol–water partition coefficient (Wildman–Crippen LogP) is 1.72. The van der Waals surface area contributed by atoms with E-state index < -0.39 is 5.60 Å². The van der Waals surface area contributed by atoms with Crippen molar-refractivity contribution < 1.29 is 9.90 Å². The van der Waals surface area contributed by atoms with Crippen molar-refractivity contribution in [2.45, 2.75) is 31.8 Å². The van der Waals surface area contributed by atoms with Gasteiger partial charge in [-0.25, -0.2) is 4.98 Å². The number of aromatic nitrogens is 1. The lowest BCUT2D eigenvalue weighted by atomic mass is 9.89. The normalized spacial score (nSPS) is 21.0. The smallest absolute Gasteiger partial charge is 0.225 e. The zero-order chi connectivity index (χ0) is 17.2. The van der Waals surface area contributed by atoms with E-state index in [0.29, 0.717) is 41.6 Å². The first-order chi connectivity index (χ1) is 10.8. The molecule has 1 amide bonds. The molecule has 1 unspecified atom stereocenters. The zero-order valence-electron chi connectivity index (χ0n) is 13.6. The van der Waals surface area contributed by atoms with Gasteiger partial charge in [-0.3, -0.25) is 4.79 Å². The number of aliphatic hydroxyl groups is 1. The van der Waals surface area contributed by atoms with Crippen molar-refractivity contribution in [2.24, 2.45) is 0 Å². The van der Waals surface area contributed by atoms with Crippen LogP contribution in [0.15, 0.2) is 6.07 Å². The molecule has 0 radical (unpaired) electrons. The molecule has 2 heterocycles. The average Bonchev–Trinajstić information content (AvgIpc) is 2.48. The Morgan fingerprint density at radius 1 is 1.61 bits per heavy atom. The number of rotatable bonds is 3. The summed E-state index contributed by atoms with van der Waals surface area (Å²) >= 11 is 6.25. The third kappa shape index (κ3) is 3.92. The lowest BCUT2D eigenvalue weighted by Gasteiger charge is -2.40. The molecule has 0 aliphatic carbocycles. The van der Waals surface area contributed by atoms with Gasteiger partial charge in [-0.15, -0.1) is 0 Å². The Hall–Kier alpha value is -1.84. The number of nitriles is 1. The largest absolute Gasteiger partial charge is 0.388 e. The number of aryl methyl sites for hydroxylation is 1. The average molecular weight is 337 g/mol. The summed E-state index contributed by atoms with van der Waals surface area (Å²) in [7, 11) is 3.35. The molecule has 1 aliphatic heterocycles. The molecule has 1 aromatic heterocycles. The van der Waals surface area contributed by atoms with Crippen LogP contribution in [-0.2, 0) is 4.79 Å². The second-order valence-corrected chi connectivity index (χ2v) is 6.66. The van der Waals surface area contributed by atoms with Crippen LogP contribution in [0, 0.1) is 18.3 Å². The number of carbonyl (C=O) groups excluding carboxylic acids is 1. The van der Waals surface area contributed by atoms with Crippen LogP contribution in [0.1, 0.15) is 30.5 Å². The molecule has 0 spiro atoms. The van der Waals surface area contributed by atoms with E-state index >= 15 is 0 Å². The second kappa shape index (κ2) is 6.73. The fourth-order valence-electron chi connectivity index (χ4n) is 2.78. The standard InChI is InChI=1S/C16H21ClN4O2/c1-11-12(9-18)7-13(17)15(19-11)21-6-4-5-16(23,10-21)8-14(22)20(2)3/h7,23H,4-6,8,10H2,1-3H3. The molecular weight excluding hydrogens is 316 g/mol. The minimum absolute atomic E-state index is 0.0728. The van der Waals surface area contributed by atoms with Crippen LogP contribution in [0.25, 0.3) is 0 Å². The molecule has 1 fully saturated rings. The van der Waals surface area contributed by atoms with Crippen LogP contribution in [-0.4, -0.2) is 53.7 Å². The van der Waals surface area contributed by atoms with Crippen molar-refractivity contribution in [1.82, 2.24) is 9.88 Å². The molecule has 2 rings (SSSR count). The number of halogens is 1. The third-order valence-corrected chi connectivity index (χ3v) is 4.38. The van der Waals surface area contributed by atoms with E-state index in [1.54, 1.807) is 27.1 Å². The quantitative estimate of drug-likeness (QED) is 0.909. The van der Waals surface area contributed by atoms with Gasteiger partial charge in [0.1, 0.15) is 11.9 Å². The first-order valence-corrected chi connectivity index (χ1v) is 7.88. The lowest BCUT2D eigenvalue weighted by Crippen LogP contribution is -2.50. The van der Waals surface area contributed by atoms with E-state index in [-0.39, 0.29) is 12.3 Å². The summed E-state index contributed by atoms with van der Waals surface area (Å²) in [6.45, 7) is 2.76. The number of piperidine rings is 1. The summed E-state index contributed by atoms with van der Waals surface area (Å²) < 4.78 is 0. The minimum atomic E-state index is -1.09. The number of hydrogen-bond donors (Lipinski definition) is 1. The van der Waals surface area contributed by atoms with E-state index in [2.05, 4.69) is 11.1 Å². The molecule has 1 atom stereocenters. The third-order valence-electron chi connectivity index (χ3n) is 4.10. The van der Waals surface area contributed by atoms with Gasteiger partial charge < -0.3 is 14.9 Å². The predicted molar refractivity (Wildman–Crippen MR) is 88.4 cm³/mol. The van der Waals surface area contributed by atoms with Gasteiger partial charge in [-0.2, -0.15) is 5.26 Å². The summed E-state index contributed by atoms with van der Waals surface area (Å²) in [4.78, 5) is 19.7. The molecule has 6 nitrogen and oxygen atoms in total. The Morgan fingerprint density at radius 2 is 2.30 bits per heavy atom. The Labute approximate surface area is 141 Å². The van der Waals surface area contributed by atoms with Gasteiger partial charge >= 0.3 is 0 Å². The number of amides is 1. The number of β-amino-alcohol motifs (C(OH)–C–C–N with tert-alkyl or cyclic N) is 1. The van der Waals surface area contributed by atoms with Crippen LogP contribution in [0.3, 0.4) is 0 Å². The first kappa shape index (κ1) is 17.5. The number of hydrogen-bond acceptors (Lipinski definition) is 5. The molecule has 23 heavy (non-hydrogen) atoms. The van der Waals surface area contributed by atoms with Gasteiger partial charge in [0, 0.05) is 27.2 Å². The highest BCUT2D eigenvalue weighted by Gasteiger charge is 2.37. The molecule has 0 bridgehead atoms. The van der Waals surface area contributed by atoms with Crippen LogP contribution in [0.2, 0.25) is 5.02 Å². The van der Waals surface area contributed by atoms with Gasteiger partial charge in [-0.05, 0) is 25.8 Å². The lowest BCUT2D eigenvalue weighted by molar-refractivity contribution is -0.134. The van der Waals surface area contributed by atoms with Gasteiger partial charge in [-0.1, -0.05) is 11.6 Å². The van der Waals surface area contributed by atoms with Crippen molar-refractivity contribution in [1.29, 1.82) is 5.26 Å². The van der Waals surface area contributed by atoms with E-state index in [4.69, 9.17) is 16.9 Å². The van der Waals surface area contributed by atoms with Crippen LogP contribution in [0.4, 0.5) is 5.82 Å². The van der Waals surface area contributed by atoms with E-state index in [1.807, 2.05) is 4.90 Å². The molecule has 124 valence electrons. The number of pyridine rings is 1. The fourth-order valence-corrected chi connectivity index (χ4v) is 3.05. The number of carbonyl (C=O) groups is 1. The summed E-state index contributed by atoms with van der Waals surface area (Å²) in [6.07, 6.45) is 1.38. The molecule has 7 heteroatoms. The number of anilines is 1. The van der Waals surface area contributed by atoms with E-state index in [0.717, 1.165) is 6.42 Å². The van der Waals surface area contributed by atoms with Crippen LogP contribution in [0.5, 0.6) is 0 Å². The monoisotopic (exact) mass is 336 g/mol. The summed E-state index contributed by atoms with van der Waals surface area (Å²) in [5.41, 5.74) is -0.0499. The first-order valence-electron chi connectivity index (χ1n) is 7.50. The van der Waals surface area contributed by atoms with Gasteiger partial charge in [0.25, 0.3) is 0 Å². The van der Waals surface area contributed by atoms with Crippen molar-refractivity contribution in [2.75, 3.05) is 32.1 Å². The van der Waals surface area contributed by atoms with Crippen molar-refractivity contribution in [3.05, 3.63) is 22.3 Å². The van der Waals surface area contributed by atoms with Crippen molar-refractivity contribution >= 4 is 23.3 Å². The van der Waals surface area contributed by atoms with Crippen molar-refractivity contribution in [3.63, 3.8) is 0 Å². The number of nitrogens with zero attached hydrogens (tertiary/aromatic N) is 4. The van der Waals surface area contributed by atoms with Gasteiger partial charge in [0.15, 0.2) is 0 Å². The van der Waals surface area contributed by atoms with E-state index in [9.17, 15) is 9.90 Å². The molecule has 1 N–H and O–H groups in total. The van der Waals surface area contributed by atoms with Gasteiger partial charge in [0.05, 0.1) is 28.3 Å². The van der Waals surface area contributed by atoms with Gasteiger partial charge in [0.2, 0.25) is 5.91 Å². The van der Waals surface area contributed by atoms with Crippen LogP contribution >= 0.6 is 11.6 Å². The molecular formula is C16H21ClN4O2. The Kier molecular flexibility index (Phi) is 5.12. The Balaban J connectivity index is 2.23. The Morgan fingerprint density at radius 3 is 2.91 bits per heavy atom. The molecule has 1 aliphatic rings. The highest BCUT2D eigenvalue weighted by atomic mass is 35.5. The fraction of sp³-hybridized carbons (Fsp3) is 0.562. The molecule has 1 aromatic rings. The SMILES string of the molecule is Cc1nc(N2CCCC(O)(CC(=O)N(C)C)C2)c(Cl)cc1C#N. The maximum Gasteiger partial charge on any atom is 0.225 e. The molecule has 0 saturated carbocycles. The van der Waals surface area contributed by atoms with E-state index in [1.165, 1.54) is 4.90 Å². The zero-order valence-corrected chi connectivity index (χ0v) is 14.4. The second-order valence-electron chi connectivity index (χ2n) is 6.25. The van der Waals surface area contributed by atoms with Crippen LogP contribution < -0.4 is 4.90 Å². The highest BCUT2D eigenvalue weighted by Crippen LogP contribution is 2.32. The maximum atomic E-state index is 11.9. The Bertz CT molecular complexity index is 656. The highest BCUT2D eigenvalue weighted by molar-refractivity contribution is 6.33.